The van der Waals surface area contributed by atoms with Gasteiger partial charge >= 0.3 is 0 Å². The fourth-order valence-electron chi connectivity index (χ4n) is 3.41. The zero-order chi connectivity index (χ0) is 12.4. The Kier molecular flexibility index (Phi) is 4.42. The average molecular weight is 226 g/mol. The molecule has 1 rings (SSSR count). The molecule has 96 valence electrons. The molecule has 3 atom stereocenters. The van der Waals surface area contributed by atoms with Gasteiger partial charge in [-0.05, 0) is 43.4 Å². The van der Waals surface area contributed by atoms with Crippen LogP contribution in [0.1, 0.15) is 60.3 Å². The fraction of sp³-hybridized carbons (Fsp3) is 1.00. The Hall–Kier alpha value is -0.0800. The summed E-state index contributed by atoms with van der Waals surface area (Å²) in [6.45, 7) is 12.7. The van der Waals surface area contributed by atoms with E-state index in [0.717, 1.165) is 6.54 Å². The van der Waals surface area contributed by atoms with Gasteiger partial charge in [0.2, 0.25) is 0 Å². The van der Waals surface area contributed by atoms with E-state index in [4.69, 9.17) is 5.73 Å². The molecule has 1 aliphatic rings. The molecule has 1 aliphatic carbocycles. The highest BCUT2D eigenvalue weighted by atomic mass is 14.9. The molecule has 0 bridgehead atoms. The maximum Gasteiger partial charge on any atom is 0.00495 e. The van der Waals surface area contributed by atoms with Crippen molar-refractivity contribution < 1.29 is 0 Å². The standard InChI is InChI=1S/C14H30N2/c1-6-11(2)16-10-14(5)8-12(15)7-13(3,4)9-14/h11-12,16H,6-10,15H2,1-5H3. The lowest BCUT2D eigenvalue weighted by Crippen LogP contribution is -2.47. The van der Waals surface area contributed by atoms with Gasteiger partial charge in [-0.25, -0.2) is 0 Å². The number of rotatable bonds is 4. The smallest absolute Gasteiger partial charge is 0.00495 e. The first-order chi connectivity index (χ1) is 7.26. The van der Waals surface area contributed by atoms with Gasteiger partial charge < -0.3 is 11.1 Å². The molecular formula is C14H30N2. The predicted octanol–water partition coefficient (Wildman–Crippen LogP) is 2.92. The molecule has 0 aromatic rings. The fourth-order valence-corrected chi connectivity index (χ4v) is 3.41. The van der Waals surface area contributed by atoms with Crippen LogP contribution in [-0.4, -0.2) is 18.6 Å². The van der Waals surface area contributed by atoms with E-state index in [1.54, 1.807) is 0 Å². The second-order valence-electron chi connectivity index (χ2n) is 7.01. The first-order valence-electron chi connectivity index (χ1n) is 6.75. The predicted molar refractivity (Wildman–Crippen MR) is 71.5 cm³/mol. The van der Waals surface area contributed by atoms with Crippen molar-refractivity contribution in [2.75, 3.05) is 6.54 Å². The van der Waals surface area contributed by atoms with E-state index in [1.807, 2.05) is 0 Å². The lowest BCUT2D eigenvalue weighted by molar-refractivity contribution is 0.0805. The summed E-state index contributed by atoms with van der Waals surface area (Å²) in [5.41, 5.74) is 6.98. The summed E-state index contributed by atoms with van der Waals surface area (Å²) in [6, 6.07) is 1.01. The van der Waals surface area contributed by atoms with Crippen molar-refractivity contribution in [3.63, 3.8) is 0 Å². The minimum absolute atomic E-state index is 0.380. The van der Waals surface area contributed by atoms with Gasteiger partial charge in [-0.2, -0.15) is 0 Å². The van der Waals surface area contributed by atoms with Gasteiger partial charge in [0.05, 0.1) is 0 Å². The monoisotopic (exact) mass is 226 g/mol. The van der Waals surface area contributed by atoms with E-state index in [0.29, 0.717) is 22.9 Å². The molecule has 16 heavy (non-hydrogen) atoms. The maximum absolute atomic E-state index is 6.20. The minimum atomic E-state index is 0.380. The van der Waals surface area contributed by atoms with E-state index in [9.17, 15) is 0 Å². The third-order valence-corrected chi connectivity index (χ3v) is 3.96. The first kappa shape index (κ1) is 14.0. The van der Waals surface area contributed by atoms with E-state index in [2.05, 4.69) is 39.9 Å². The van der Waals surface area contributed by atoms with Crippen LogP contribution in [0.25, 0.3) is 0 Å². The van der Waals surface area contributed by atoms with Crippen molar-refractivity contribution >= 4 is 0 Å². The molecule has 3 N–H and O–H groups in total. The van der Waals surface area contributed by atoms with Crippen LogP contribution < -0.4 is 11.1 Å². The molecule has 0 aromatic heterocycles. The summed E-state index contributed by atoms with van der Waals surface area (Å²) in [4.78, 5) is 0. The molecule has 0 aliphatic heterocycles. The first-order valence-corrected chi connectivity index (χ1v) is 6.75. The lowest BCUT2D eigenvalue weighted by atomic mass is 9.63. The molecule has 1 fully saturated rings. The topological polar surface area (TPSA) is 38.0 Å². The van der Waals surface area contributed by atoms with Gasteiger partial charge in [0.1, 0.15) is 0 Å². The molecule has 0 amide bonds. The van der Waals surface area contributed by atoms with Crippen LogP contribution in [-0.2, 0) is 0 Å². The molecule has 0 aromatic carbocycles. The van der Waals surface area contributed by atoms with Gasteiger partial charge in [0, 0.05) is 18.6 Å². The summed E-state index contributed by atoms with van der Waals surface area (Å²) >= 11 is 0. The summed E-state index contributed by atoms with van der Waals surface area (Å²) in [7, 11) is 0. The highest BCUT2D eigenvalue weighted by molar-refractivity contribution is 4.94. The van der Waals surface area contributed by atoms with Gasteiger partial charge in [-0.1, -0.05) is 27.7 Å². The maximum atomic E-state index is 6.20. The van der Waals surface area contributed by atoms with E-state index < -0.39 is 0 Å². The molecule has 0 spiro atoms. The van der Waals surface area contributed by atoms with Crippen LogP contribution >= 0.6 is 0 Å². The Balaban J connectivity index is 2.55. The van der Waals surface area contributed by atoms with Crippen LogP contribution in [0.4, 0.5) is 0 Å². The average Bonchev–Trinajstić information content (AvgIpc) is 2.10. The number of nitrogens with two attached hydrogens (primary N) is 1. The molecule has 0 saturated heterocycles. The Labute approximate surface area is 101 Å². The molecule has 3 unspecified atom stereocenters. The molecule has 0 radical (unpaired) electrons. The van der Waals surface area contributed by atoms with Crippen LogP contribution in [0.3, 0.4) is 0 Å². The Morgan fingerprint density at radius 3 is 2.44 bits per heavy atom. The van der Waals surface area contributed by atoms with E-state index >= 15 is 0 Å². The number of nitrogens with one attached hydrogen (secondary N) is 1. The molecule has 1 saturated carbocycles. The summed E-state index contributed by atoms with van der Waals surface area (Å²) in [5, 5.41) is 3.65. The van der Waals surface area contributed by atoms with Gasteiger partial charge in [-0.3, -0.25) is 0 Å². The highest BCUT2D eigenvalue weighted by Crippen LogP contribution is 2.45. The summed E-state index contributed by atoms with van der Waals surface area (Å²) < 4.78 is 0. The van der Waals surface area contributed by atoms with Crippen LogP contribution in [0.5, 0.6) is 0 Å². The minimum Gasteiger partial charge on any atom is -0.328 e. The van der Waals surface area contributed by atoms with Gasteiger partial charge in [0.25, 0.3) is 0 Å². The van der Waals surface area contributed by atoms with Crippen LogP contribution in [0.2, 0.25) is 0 Å². The van der Waals surface area contributed by atoms with E-state index in [-0.39, 0.29) is 0 Å². The van der Waals surface area contributed by atoms with E-state index in [1.165, 1.54) is 25.7 Å². The van der Waals surface area contributed by atoms with Crippen molar-refractivity contribution in [2.24, 2.45) is 16.6 Å². The van der Waals surface area contributed by atoms with Crippen molar-refractivity contribution in [3.05, 3.63) is 0 Å². The Bertz CT molecular complexity index is 225. The Morgan fingerprint density at radius 2 is 1.94 bits per heavy atom. The summed E-state index contributed by atoms with van der Waals surface area (Å²) in [6.07, 6.45) is 4.83. The lowest BCUT2D eigenvalue weighted by Gasteiger charge is -2.46. The quantitative estimate of drug-likeness (QED) is 0.773. The van der Waals surface area contributed by atoms with Gasteiger partial charge in [-0.15, -0.1) is 0 Å². The molecule has 2 heteroatoms. The highest BCUT2D eigenvalue weighted by Gasteiger charge is 2.39. The van der Waals surface area contributed by atoms with Crippen LogP contribution in [0.15, 0.2) is 0 Å². The van der Waals surface area contributed by atoms with Crippen molar-refractivity contribution in [1.29, 1.82) is 0 Å². The number of hydrogen-bond acceptors (Lipinski definition) is 2. The zero-order valence-corrected chi connectivity index (χ0v) is 11.8. The number of hydrogen-bond donors (Lipinski definition) is 2. The molecular weight excluding hydrogens is 196 g/mol. The van der Waals surface area contributed by atoms with Crippen LogP contribution in [0, 0.1) is 10.8 Å². The SMILES string of the molecule is CCC(C)NCC1(C)CC(N)CC(C)(C)C1. The van der Waals surface area contributed by atoms with Crippen molar-refractivity contribution in [1.82, 2.24) is 5.32 Å². The zero-order valence-electron chi connectivity index (χ0n) is 11.8. The van der Waals surface area contributed by atoms with Crippen molar-refractivity contribution in [3.8, 4) is 0 Å². The molecule has 0 heterocycles. The third-order valence-electron chi connectivity index (χ3n) is 3.96. The summed E-state index contributed by atoms with van der Waals surface area (Å²) in [5.74, 6) is 0. The molecule has 2 nitrogen and oxygen atoms in total. The third kappa shape index (κ3) is 4.06. The van der Waals surface area contributed by atoms with Crippen molar-refractivity contribution in [2.45, 2.75) is 72.4 Å². The largest absolute Gasteiger partial charge is 0.328 e. The second kappa shape index (κ2) is 5.05. The van der Waals surface area contributed by atoms with Gasteiger partial charge in [0.15, 0.2) is 0 Å². The Morgan fingerprint density at radius 1 is 1.31 bits per heavy atom. The normalized spacial score (nSPS) is 36.0. The second-order valence-corrected chi connectivity index (χ2v) is 7.01.